The lowest BCUT2D eigenvalue weighted by Gasteiger charge is -2.08. The summed E-state index contributed by atoms with van der Waals surface area (Å²) in [7, 11) is 0. The van der Waals surface area contributed by atoms with E-state index in [4.69, 9.17) is 4.74 Å². The molecule has 0 unspecified atom stereocenters. The van der Waals surface area contributed by atoms with Gasteiger partial charge in [-0.15, -0.1) is 0 Å². The van der Waals surface area contributed by atoms with E-state index in [1.807, 2.05) is 42.8 Å². The van der Waals surface area contributed by atoms with Gasteiger partial charge in [0, 0.05) is 10.2 Å². The number of carbonyl (C=O) groups excluding carboxylic acids is 1. The van der Waals surface area contributed by atoms with E-state index in [-0.39, 0.29) is 0 Å². The monoisotopic (exact) mass is 350 g/mol. The van der Waals surface area contributed by atoms with Crippen LogP contribution in [0.25, 0.3) is 0 Å². The molecule has 5 heteroatoms. The number of hydrogen-bond acceptors (Lipinski definition) is 3. The average Bonchev–Trinajstić information content (AvgIpc) is 2.86. The highest BCUT2D eigenvalue weighted by Gasteiger charge is 2.14. The zero-order valence-electron chi connectivity index (χ0n) is 12.3. The van der Waals surface area contributed by atoms with Crippen molar-refractivity contribution in [2.24, 2.45) is 0 Å². The number of carbonyl (C=O) groups is 1. The molecular formula is C16H19BrN2O2. The predicted octanol–water partition coefficient (Wildman–Crippen LogP) is 3.66. The van der Waals surface area contributed by atoms with Gasteiger partial charge in [-0.1, -0.05) is 29.8 Å². The van der Waals surface area contributed by atoms with Crippen LogP contribution in [0.4, 0.5) is 0 Å². The van der Waals surface area contributed by atoms with Crippen LogP contribution in [-0.4, -0.2) is 22.7 Å². The Morgan fingerprint density at radius 1 is 1.24 bits per heavy atom. The fourth-order valence-corrected chi connectivity index (χ4v) is 2.57. The zero-order chi connectivity index (χ0) is 15.2. The highest BCUT2D eigenvalue weighted by molar-refractivity contribution is 9.10. The molecule has 4 nitrogen and oxygen atoms in total. The lowest BCUT2D eigenvalue weighted by atomic mass is 10.1. The lowest BCUT2D eigenvalue weighted by Crippen LogP contribution is -2.12. The normalized spacial score (nSPS) is 10.6. The maximum atomic E-state index is 11.2. The zero-order valence-corrected chi connectivity index (χ0v) is 13.9. The van der Waals surface area contributed by atoms with Crippen LogP contribution in [-0.2, 0) is 19.4 Å². The Bertz CT molecular complexity index is 605. The molecule has 0 saturated heterocycles. The molecule has 0 aliphatic heterocycles. The molecule has 0 spiro atoms. The van der Waals surface area contributed by atoms with Crippen LogP contribution in [0.15, 0.2) is 28.7 Å². The third-order valence-electron chi connectivity index (χ3n) is 3.35. The second kappa shape index (κ2) is 7.41. The molecule has 0 N–H and O–H groups in total. The number of aldehydes is 1. The minimum absolute atomic E-state index is 0.526. The van der Waals surface area contributed by atoms with Gasteiger partial charge in [-0.05, 0) is 37.1 Å². The molecule has 1 heterocycles. The van der Waals surface area contributed by atoms with E-state index in [9.17, 15) is 4.79 Å². The van der Waals surface area contributed by atoms with Gasteiger partial charge in [0.05, 0.1) is 17.8 Å². The number of rotatable bonds is 7. The fourth-order valence-electron chi connectivity index (χ4n) is 2.30. The van der Waals surface area contributed by atoms with Gasteiger partial charge in [0.1, 0.15) is 12.4 Å². The summed E-state index contributed by atoms with van der Waals surface area (Å²) >= 11 is 3.39. The second-order valence-electron chi connectivity index (χ2n) is 4.66. The summed E-state index contributed by atoms with van der Waals surface area (Å²) in [4.78, 5) is 11.2. The van der Waals surface area contributed by atoms with Gasteiger partial charge in [0.25, 0.3) is 0 Å². The summed E-state index contributed by atoms with van der Waals surface area (Å²) in [5, 5.41) is 4.51. The third-order valence-corrected chi connectivity index (χ3v) is 3.88. The van der Waals surface area contributed by atoms with Crippen molar-refractivity contribution in [3.05, 3.63) is 45.7 Å². The first-order chi connectivity index (χ1) is 10.2. The highest BCUT2D eigenvalue weighted by Crippen LogP contribution is 2.17. The minimum atomic E-state index is 0.526. The topological polar surface area (TPSA) is 44.1 Å². The second-order valence-corrected chi connectivity index (χ2v) is 5.57. The molecule has 2 rings (SSSR count). The van der Waals surface area contributed by atoms with Crippen LogP contribution in [0.5, 0.6) is 5.75 Å². The molecule has 112 valence electrons. The van der Waals surface area contributed by atoms with E-state index in [2.05, 4.69) is 21.0 Å². The Balaban J connectivity index is 2.04. The Hall–Kier alpha value is -1.62. The number of ether oxygens (including phenoxy) is 1. The maximum absolute atomic E-state index is 11.2. The summed E-state index contributed by atoms with van der Waals surface area (Å²) in [5.74, 6) is 0.828. The first kappa shape index (κ1) is 15.8. The van der Waals surface area contributed by atoms with Crippen molar-refractivity contribution in [3.63, 3.8) is 0 Å². The average molecular weight is 351 g/mol. The Kier molecular flexibility index (Phi) is 5.56. The van der Waals surface area contributed by atoms with E-state index >= 15 is 0 Å². The van der Waals surface area contributed by atoms with Crippen LogP contribution < -0.4 is 4.74 Å². The quantitative estimate of drug-likeness (QED) is 0.715. The summed E-state index contributed by atoms with van der Waals surface area (Å²) in [5.41, 5.74) is 2.59. The van der Waals surface area contributed by atoms with Crippen LogP contribution in [0.3, 0.4) is 0 Å². The van der Waals surface area contributed by atoms with Gasteiger partial charge in [-0.25, -0.2) is 0 Å². The van der Waals surface area contributed by atoms with Crippen molar-refractivity contribution in [1.82, 2.24) is 9.78 Å². The summed E-state index contributed by atoms with van der Waals surface area (Å²) < 4.78 is 8.63. The Morgan fingerprint density at radius 2 is 1.95 bits per heavy atom. The molecule has 0 aliphatic rings. The minimum Gasteiger partial charge on any atom is -0.492 e. The van der Waals surface area contributed by atoms with E-state index in [1.165, 1.54) is 0 Å². The van der Waals surface area contributed by atoms with Crippen molar-refractivity contribution in [3.8, 4) is 5.75 Å². The van der Waals surface area contributed by atoms with E-state index in [0.717, 1.165) is 46.3 Å². The number of aryl methyl sites for hydroxylation is 1. The first-order valence-electron chi connectivity index (χ1n) is 7.11. The van der Waals surface area contributed by atoms with Gasteiger partial charge in [-0.2, -0.15) is 5.10 Å². The molecule has 0 atom stereocenters. The molecule has 2 aromatic rings. The summed E-state index contributed by atoms with van der Waals surface area (Å²) in [6.07, 6.45) is 2.47. The fraction of sp³-hybridized carbons (Fsp3) is 0.375. The Morgan fingerprint density at radius 3 is 2.52 bits per heavy atom. The first-order valence-corrected chi connectivity index (χ1v) is 7.91. The number of halogens is 1. The van der Waals surface area contributed by atoms with Crippen LogP contribution in [0, 0.1) is 0 Å². The summed E-state index contributed by atoms with van der Waals surface area (Å²) in [6.45, 7) is 5.21. The predicted molar refractivity (Wildman–Crippen MR) is 86.0 cm³/mol. The van der Waals surface area contributed by atoms with Gasteiger partial charge in [-0.3, -0.25) is 9.48 Å². The summed E-state index contributed by atoms with van der Waals surface area (Å²) in [6, 6.07) is 7.73. The van der Waals surface area contributed by atoms with Crippen LogP contribution >= 0.6 is 15.9 Å². The number of benzene rings is 1. The number of hydrogen-bond donors (Lipinski definition) is 0. The van der Waals surface area contributed by atoms with Crippen molar-refractivity contribution >= 4 is 22.2 Å². The molecule has 0 radical (unpaired) electrons. The third kappa shape index (κ3) is 3.73. The van der Waals surface area contributed by atoms with Crippen molar-refractivity contribution in [2.45, 2.75) is 33.2 Å². The van der Waals surface area contributed by atoms with Crippen molar-refractivity contribution in [2.75, 3.05) is 6.61 Å². The molecule has 21 heavy (non-hydrogen) atoms. The number of nitrogens with zero attached hydrogens (tertiary/aromatic N) is 2. The van der Waals surface area contributed by atoms with E-state index < -0.39 is 0 Å². The Labute approximate surface area is 133 Å². The van der Waals surface area contributed by atoms with Crippen LogP contribution in [0.2, 0.25) is 0 Å². The van der Waals surface area contributed by atoms with E-state index in [0.29, 0.717) is 13.2 Å². The highest BCUT2D eigenvalue weighted by atomic mass is 79.9. The van der Waals surface area contributed by atoms with Gasteiger partial charge >= 0.3 is 0 Å². The van der Waals surface area contributed by atoms with Crippen molar-refractivity contribution in [1.29, 1.82) is 0 Å². The molecular weight excluding hydrogens is 332 g/mol. The smallest absolute Gasteiger partial charge is 0.153 e. The van der Waals surface area contributed by atoms with Gasteiger partial charge < -0.3 is 4.74 Å². The molecule has 0 aliphatic carbocycles. The number of aromatic nitrogens is 2. The standard InChI is InChI=1S/C16H19BrN2O2/c1-3-15-14(11-20)16(4-2)19(18-15)9-10-21-13-7-5-12(17)6-8-13/h5-8,11H,3-4,9-10H2,1-2H3. The molecule has 0 amide bonds. The van der Waals surface area contributed by atoms with E-state index in [1.54, 1.807) is 0 Å². The maximum Gasteiger partial charge on any atom is 0.153 e. The molecule has 0 bridgehead atoms. The largest absolute Gasteiger partial charge is 0.492 e. The molecule has 1 aromatic heterocycles. The van der Waals surface area contributed by atoms with Gasteiger partial charge in [0.2, 0.25) is 0 Å². The van der Waals surface area contributed by atoms with Crippen LogP contribution in [0.1, 0.15) is 35.6 Å². The van der Waals surface area contributed by atoms with Crippen molar-refractivity contribution < 1.29 is 9.53 Å². The SMILES string of the molecule is CCc1nn(CCOc2ccc(Br)cc2)c(CC)c1C=O. The molecule has 0 fully saturated rings. The molecule has 1 aromatic carbocycles. The lowest BCUT2D eigenvalue weighted by molar-refractivity contribution is 0.112. The molecule has 0 saturated carbocycles. The van der Waals surface area contributed by atoms with Gasteiger partial charge in [0.15, 0.2) is 6.29 Å².